The lowest BCUT2D eigenvalue weighted by molar-refractivity contribution is -0.192. The zero-order valence-electron chi connectivity index (χ0n) is 20.3. The fourth-order valence-electron chi connectivity index (χ4n) is 3.63. The van der Waals surface area contributed by atoms with Gasteiger partial charge in [-0.25, -0.2) is 31.8 Å². The Bertz CT molecular complexity index is 1480. The number of pyridine rings is 1. The van der Waals surface area contributed by atoms with Crippen LogP contribution in [0.4, 0.5) is 39.1 Å². The number of nitrogens with zero attached hydrogens (tertiary/aromatic N) is 3. The number of hydrogen-bond acceptors (Lipinski definition) is 7. The van der Waals surface area contributed by atoms with Crippen molar-refractivity contribution < 1.29 is 50.2 Å². The molecule has 0 amide bonds. The maximum atomic E-state index is 14.1. The van der Waals surface area contributed by atoms with Crippen molar-refractivity contribution in [3.63, 3.8) is 0 Å². The number of carboxylic acids is 2. The van der Waals surface area contributed by atoms with Gasteiger partial charge >= 0.3 is 18.1 Å². The average molecular weight is 589 g/mol. The molecule has 214 valence electrons. The summed E-state index contributed by atoms with van der Waals surface area (Å²) in [6.45, 7) is 2.21. The number of hydrogen-bond donors (Lipinski definition) is 3. The number of aromatic nitrogens is 1. The van der Waals surface area contributed by atoms with Gasteiger partial charge in [0.15, 0.2) is 0 Å². The van der Waals surface area contributed by atoms with E-state index in [1.54, 1.807) is 6.20 Å². The molecule has 2 aromatic carbocycles. The highest BCUT2D eigenvalue weighted by Crippen LogP contribution is 2.31. The van der Waals surface area contributed by atoms with Crippen LogP contribution < -0.4 is 14.5 Å². The predicted molar refractivity (Wildman–Crippen MR) is 133 cm³/mol. The van der Waals surface area contributed by atoms with Crippen LogP contribution in [0, 0.1) is 11.6 Å². The van der Waals surface area contributed by atoms with Gasteiger partial charge in [-0.05, 0) is 48.5 Å². The Balaban J connectivity index is 0.000000559. The lowest BCUT2D eigenvalue weighted by Crippen LogP contribution is -2.47. The third-order valence-electron chi connectivity index (χ3n) is 5.51. The number of aromatic carboxylic acids is 1. The Labute approximate surface area is 224 Å². The largest absolute Gasteiger partial charge is 0.490 e. The summed E-state index contributed by atoms with van der Waals surface area (Å²) in [6, 6.07) is 11.7. The third-order valence-corrected chi connectivity index (χ3v) is 6.89. The summed E-state index contributed by atoms with van der Waals surface area (Å²) < 4.78 is 87.3. The van der Waals surface area contributed by atoms with Gasteiger partial charge in [0.2, 0.25) is 0 Å². The van der Waals surface area contributed by atoms with Gasteiger partial charge in [0.05, 0.1) is 16.9 Å². The van der Waals surface area contributed by atoms with Crippen LogP contribution in [0.15, 0.2) is 65.7 Å². The molecular weight excluding hydrogens is 567 g/mol. The van der Waals surface area contributed by atoms with Gasteiger partial charge < -0.3 is 20.0 Å². The van der Waals surface area contributed by atoms with Crippen LogP contribution in [0.5, 0.6) is 0 Å². The normalized spacial score (nSPS) is 13.7. The Morgan fingerprint density at radius 1 is 0.900 bits per heavy atom. The number of halogens is 5. The number of rotatable bonds is 6. The van der Waals surface area contributed by atoms with Crippen molar-refractivity contribution in [3.05, 3.63) is 78.0 Å². The number of benzene rings is 2. The first kappa shape index (κ1) is 30.1. The Morgan fingerprint density at radius 3 is 2.08 bits per heavy atom. The van der Waals surface area contributed by atoms with Gasteiger partial charge in [0, 0.05) is 32.4 Å². The molecule has 4 rings (SSSR count). The molecule has 2 heterocycles. The van der Waals surface area contributed by atoms with E-state index in [-0.39, 0.29) is 11.3 Å². The fraction of sp³-hybridized carbons (Fsp3) is 0.208. The van der Waals surface area contributed by atoms with E-state index in [4.69, 9.17) is 9.90 Å². The molecular formula is C24H21F5N4O6S. The SMILES string of the molecule is O=C(O)C(F)(F)F.O=C(O)c1ccc(N2CCN(c3ccccn3)CC2)c(NS(=O)(=O)c2cc(F)ccc2F)c1. The molecule has 3 aromatic rings. The quantitative estimate of drug-likeness (QED) is 0.367. The van der Waals surface area contributed by atoms with Crippen LogP contribution in [0.25, 0.3) is 0 Å². The second-order valence-electron chi connectivity index (χ2n) is 8.18. The van der Waals surface area contributed by atoms with Gasteiger partial charge in [-0.2, -0.15) is 13.2 Å². The van der Waals surface area contributed by atoms with E-state index in [2.05, 4.69) is 14.6 Å². The van der Waals surface area contributed by atoms with E-state index in [0.717, 1.165) is 24.0 Å². The number of aliphatic carboxylic acids is 1. The molecule has 0 saturated carbocycles. The zero-order chi connectivity index (χ0) is 29.7. The minimum Gasteiger partial charge on any atom is -0.478 e. The third kappa shape index (κ3) is 7.56. The summed E-state index contributed by atoms with van der Waals surface area (Å²) in [6.07, 6.45) is -3.38. The summed E-state index contributed by atoms with van der Waals surface area (Å²) in [5.74, 6) is -5.22. The molecule has 0 bridgehead atoms. The molecule has 1 aliphatic heterocycles. The predicted octanol–water partition coefficient (Wildman–Crippen LogP) is 3.82. The smallest absolute Gasteiger partial charge is 0.478 e. The van der Waals surface area contributed by atoms with Crippen LogP contribution in [0.2, 0.25) is 0 Å². The summed E-state index contributed by atoms with van der Waals surface area (Å²) in [4.78, 5) is 27.8. The molecule has 0 aliphatic carbocycles. The summed E-state index contributed by atoms with van der Waals surface area (Å²) in [7, 11) is -4.53. The standard InChI is InChI=1S/C22H20F2N4O4S.C2HF3O2/c23-16-5-6-17(24)20(14-16)33(31,32)26-18-13-15(22(29)30)4-7-19(18)27-9-11-28(12-10-27)21-3-1-2-8-25-21;3-2(4,5)1(6)7/h1-8,13-14,26H,9-12H2,(H,29,30);(H,6,7). The molecule has 3 N–H and O–H groups in total. The van der Waals surface area contributed by atoms with Crippen molar-refractivity contribution in [2.45, 2.75) is 11.1 Å². The number of carbonyl (C=O) groups is 2. The average Bonchev–Trinajstić information content (AvgIpc) is 2.90. The Hall–Kier alpha value is -4.47. The molecule has 1 fully saturated rings. The Kier molecular flexibility index (Phi) is 9.13. The van der Waals surface area contributed by atoms with E-state index in [9.17, 15) is 40.3 Å². The molecule has 0 radical (unpaired) electrons. The minimum absolute atomic E-state index is 0.0372. The fourth-order valence-corrected chi connectivity index (χ4v) is 4.78. The number of carboxylic acid groups (broad SMARTS) is 2. The molecule has 40 heavy (non-hydrogen) atoms. The summed E-state index contributed by atoms with van der Waals surface area (Å²) in [5.41, 5.74) is 0.245. The highest BCUT2D eigenvalue weighted by molar-refractivity contribution is 7.92. The van der Waals surface area contributed by atoms with Crippen LogP contribution >= 0.6 is 0 Å². The second-order valence-corrected chi connectivity index (χ2v) is 9.83. The van der Waals surface area contributed by atoms with Crippen molar-refractivity contribution in [3.8, 4) is 0 Å². The van der Waals surface area contributed by atoms with Gasteiger partial charge in [-0.15, -0.1) is 0 Å². The van der Waals surface area contributed by atoms with E-state index >= 15 is 0 Å². The number of piperazine rings is 1. The van der Waals surface area contributed by atoms with Crippen molar-refractivity contribution in [1.29, 1.82) is 0 Å². The van der Waals surface area contributed by atoms with Crippen LogP contribution in [-0.4, -0.2) is 67.9 Å². The number of anilines is 3. The van der Waals surface area contributed by atoms with E-state index in [1.807, 2.05) is 23.1 Å². The van der Waals surface area contributed by atoms with E-state index in [0.29, 0.717) is 37.9 Å². The first-order valence-electron chi connectivity index (χ1n) is 11.3. The van der Waals surface area contributed by atoms with Gasteiger partial charge in [-0.1, -0.05) is 6.07 Å². The topological polar surface area (TPSA) is 140 Å². The number of alkyl halides is 3. The van der Waals surface area contributed by atoms with Crippen LogP contribution in [0.1, 0.15) is 10.4 Å². The Morgan fingerprint density at radius 2 is 1.52 bits per heavy atom. The number of nitrogens with one attached hydrogen (secondary N) is 1. The molecule has 0 atom stereocenters. The second kappa shape index (κ2) is 12.1. The van der Waals surface area contributed by atoms with Crippen molar-refractivity contribution in [1.82, 2.24) is 4.98 Å². The maximum Gasteiger partial charge on any atom is 0.490 e. The molecule has 1 aliphatic rings. The molecule has 0 unspecified atom stereocenters. The lowest BCUT2D eigenvalue weighted by atomic mass is 10.1. The monoisotopic (exact) mass is 588 g/mol. The highest BCUT2D eigenvalue weighted by Gasteiger charge is 2.38. The van der Waals surface area contributed by atoms with Crippen LogP contribution in [0.3, 0.4) is 0 Å². The van der Waals surface area contributed by atoms with Crippen LogP contribution in [-0.2, 0) is 14.8 Å². The highest BCUT2D eigenvalue weighted by atomic mass is 32.2. The van der Waals surface area contributed by atoms with Gasteiger partial charge in [0.25, 0.3) is 10.0 Å². The summed E-state index contributed by atoms with van der Waals surface area (Å²) in [5, 5.41) is 16.5. The lowest BCUT2D eigenvalue weighted by Gasteiger charge is -2.37. The molecule has 10 nitrogen and oxygen atoms in total. The molecule has 1 saturated heterocycles. The van der Waals surface area contributed by atoms with Gasteiger partial charge in [-0.3, -0.25) is 4.72 Å². The molecule has 1 aromatic heterocycles. The van der Waals surface area contributed by atoms with E-state index < -0.39 is 44.7 Å². The van der Waals surface area contributed by atoms with Gasteiger partial charge in [0.1, 0.15) is 22.3 Å². The van der Waals surface area contributed by atoms with Crippen molar-refractivity contribution in [2.24, 2.45) is 0 Å². The number of sulfonamides is 1. The van der Waals surface area contributed by atoms with E-state index in [1.165, 1.54) is 12.1 Å². The zero-order valence-corrected chi connectivity index (χ0v) is 21.1. The van der Waals surface area contributed by atoms with Crippen molar-refractivity contribution >= 4 is 39.2 Å². The maximum absolute atomic E-state index is 14.1. The molecule has 0 spiro atoms. The summed E-state index contributed by atoms with van der Waals surface area (Å²) >= 11 is 0. The minimum atomic E-state index is -5.08. The first-order chi connectivity index (χ1) is 18.7. The van der Waals surface area contributed by atoms with Crippen molar-refractivity contribution in [2.75, 3.05) is 40.7 Å². The molecule has 16 heteroatoms. The first-order valence-corrected chi connectivity index (χ1v) is 12.7.